The maximum atomic E-state index is 12.0. The van der Waals surface area contributed by atoms with E-state index in [9.17, 15) is 4.79 Å². The number of ketones is 1. The Labute approximate surface area is 103 Å². The monoisotopic (exact) mass is 232 g/mol. The number of methoxy groups -OCH3 is 1. The highest BCUT2D eigenvalue weighted by molar-refractivity contribution is 5.98. The Morgan fingerprint density at radius 3 is 2.65 bits per heavy atom. The van der Waals surface area contributed by atoms with Crippen molar-refractivity contribution in [2.24, 2.45) is 0 Å². The fourth-order valence-corrected chi connectivity index (χ4v) is 2.73. The maximum Gasteiger partial charge on any atom is 0.188 e. The average Bonchev–Trinajstić information content (AvgIpc) is 2.40. The number of ether oxygens (including phenoxy) is 1. The lowest BCUT2D eigenvalue weighted by Gasteiger charge is -2.23. The van der Waals surface area contributed by atoms with Crippen molar-refractivity contribution in [3.8, 4) is 0 Å². The quantitative estimate of drug-likeness (QED) is 0.742. The van der Waals surface area contributed by atoms with Crippen LogP contribution in [0.2, 0.25) is 0 Å². The summed E-state index contributed by atoms with van der Waals surface area (Å²) in [5, 5.41) is 0. The zero-order valence-corrected chi connectivity index (χ0v) is 10.4. The Hall–Kier alpha value is -1.15. The normalized spacial score (nSPS) is 17.0. The van der Waals surface area contributed by atoms with Crippen molar-refractivity contribution in [3.63, 3.8) is 0 Å². The highest BCUT2D eigenvalue weighted by Crippen LogP contribution is 2.34. The van der Waals surface area contributed by atoms with Gasteiger partial charge in [-0.1, -0.05) is 43.5 Å². The molecule has 0 spiro atoms. The first kappa shape index (κ1) is 12.3. The van der Waals surface area contributed by atoms with Crippen LogP contribution in [0.3, 0.4) is 0 Å². The fourth-order valence-electron chi connectivity index (χ4n) is 2.73. The summed E-state index contributed by atoms with van der Waals surface area (Å²) in [6, 6.07) is 8.02. The lowest BCUT2D eigenvalue weighted by atomic mass is 9.81. The van der Waals surface area contributed by atoms with E-state index in [-0.39, 0.29) is 12.4 Å². The van der Waals surface area contributed by atoms with E-state index in [1.807, 2.05) is 18.2 Å². The molecule has 1 aromatic carbocycles. The summed E-state index contributed by atoms with van der Waals surface area (Å²) >= 11 is 0. The summed E-state index contributed by atoms with van der Waals surface area (Å²) in [6.07, 6.45) is 6.36. The smallest absolute Gasteiger partial charge is 0.188 e. The highest BCUT2D eigenvalue weighted by Gasteiger charge is 2.20. The molecule has 1 aliphatic carbocycles. The summed E-state index contributed by atoms with van der Waals surface area (Å²) in [7, 11) is 1.57. The van der Waals surface area contributed by atoms with Crippen molar-refractivity contribution in [2.75, 3.05) is 13.7 Å². The number of carbonyl (C=O) groups excluding carboxylic acids is 1. The third-order valence-corrected chi connectivity index (χ3v) is 3.58. The third kappa shape index (κ3) is 2.95. The fraction of sp³-hybridized carbons (Fsp3) is 0.533. The Bertz CT molecular complexity index is 378. The first-order valence-electron chi connectivity index (χ1n) is 6.44. The second-order valence-corrected chi connectivity index (χ2v) is 4.78. The van der Waals surface area contributed by atoms with E-state index in [2.05, 4.69) is 6.07 Å². The molecule has 0 radical (unpaired) electrons. The molecule has 2 rings (SSSR count). The van der Waals surface area contributed by atoms with Gasteiger partial charge in [-0.2, -0.15) is 0 Å². The SMILES string of the molecule is COCC(=O)c1ccccc1C1CCCCC1. The molecular weight excluding hydrogens is 212 g/mol. The molecule has 0 unspecified atom stereocenters. The Kier molecular flexibility index (Phi) is 4.32. The zero-order chi connectivity index (χ0) is 12.1. The van der Waals surface area contributed by atoms with Crippen LogP contribution in [0.5, 0.6) is 0 Å². The molecule has 2 heteroatoms. The van der Waals surface area contributed by atoms with Crippen molar-refractivity contribution < 1.29 is 9.53 Å². The predicted octanol–water partition coefficient (Wildman–Crippen LogP) is 3.56. The van der Waals surface area contributed by atoms with E-state index in [1.165, 1.54) is 37.7 Å². The van der Waals surface area contributed by atoms with Crippen LogP contribution in [0.25, 0.3) is 0 Å². The van der Waals surface area contributed by atoms with Gasteiger partial charge in [-0.3, -0.25) is 4.79 Å². The maximum absolute atomic E-state index is 12.0. The molecule has 2 nitrogen and oxygen atoms in total. The standard InChI is InChI=1S/C15H20O2/c1-17-11-15(16)14-10-6-5-9-13(14)12-7-3-2-4-8-12/h5-6,9-10,12H,2-4,7-8,11H2,1H3. The van der Waals surface area contributed by atoms with Gasteiger partial charge in [-0.25, -0.2) is 0 Å². The first-order chi connectivity index (χ1) is 8.33. The molecule has 17 heavy (non-hydrogen) atoms. The molecule has 1 aromatic rings. The lowest BCUT2D eigenvalue weighted by molar-refractivity contribution is 0.0846. The van der Waals surface area contributed by atoms with Gasteiger partial charge in [0.05, 0.1) is 0 Å². The zero-order valence-electron chi connectivity index (χ0n) is 10.4. The van der Waals surface area contributed by atoms with Crippen LogP contribution >= 0.6 is 0 Å². The van der Waals surface area contributed by atoms with Gasteiger partial charge in [0.2, 0.25) is 0 Å². The average molecular weight is 232 g/mol. The summed E-state index contributed by atoms with van der Waals surface area (Å²) in [4.78, 5) is 12.0. The molecule has 0 N–H and O–H groups in total. The van der Waals surface area contributed by atoms with Crippen molar-refractivity contribution in [2.45, 2.75) is 38.0 Å². The van der Waals surface area contributed by atoms with Crippen LogP contribution in [0.4, 0.5) is 0 Å². The molecule has 1 aliphatic rings. The van der Waals surface area contributed by atoms with Gasteiger partial charge in [0.25, 0.3) is 0 Å². The Morgan fingerprint density at radius 2 is 1.94 bits per heavy atom. The highest BCUT2D eigenvalue weighted by atomic mass is 16.5. The van der Waals surface area contributed by atoms with E-state index in [4.69, 9.17) is 4.74 Å². The van der Waals surface area contributed by atoms with Crippen LogP contribution in [-0.2, 0) is 4.74 Å². The van der Waals surface area contributed by atoms with Gasteiger partial charge in [-0.05, 0) is 24.3 Å². The van der Waals surface area contributed by atoms with Crippen LogP contribution in [0, 0.1) is 0 Å². The summed E-state index contributed by atoms with van der Waals surface area (Å²) in [6.45, 7) is 0.184. The van der Waals surface area contributed by atoms with Gasteiger partial charge < -0.3 is 4.74 Å². The first-order valence-corrected chi connectivity index (χ1v) is 6.44. The molecule has 0 amide bonds. The van der Waals surface area contributed by atoms with Gasteiger partial charge in [-0.15, -0.1) is 0 Å². The number of rotatable bonds is 4. The number of Topliss-reactive ketones (excluding diaryl/α,β-unsaturated/α-hetero) is 1. The van der Waals surface area contributed by atoms with Gasteiger partial charge in [0.15, 0.2) is 5.78 Å². The van der Waals surface area contributed by atoms with Crippen LogP contribution in [0.15, 0.2) is 24.3 Å². The van der Waals surface area contributed by atoms with E-state index < -0.39 is 0 Å². The van der Waals surface area contributed by atoms with Crippen LogP contribution in [-0.4, -0.2) is 19.5 Å². The van der Waals surface area contributed by atoms with Crippen LogP contribution in [0.1, 0.15) is 53.9 Å². The largest absolute Gasteiger partial charge is 0.377 e. The number of hydrogen-bond acceptors (Lipinski definition) is 2. The molecule has 0 saturated heterocycles. The molecule has 1 saturated carbocycles. The predicted molar refractivity (Wildman–Crippen MR) is 68.5 cm³/mol. The summed E-state index contributed by atoms with van der Waals surface area (Å²) in [5.74, 6) is 0.675. The van der Waals surface area contributed by atoms with Gasteiger partial charge in [0.1, 0.15) is 6.61 Å². The molecular formula is C15H20O2. The number of hydrogen-bond donors (Lipinski definition) is 0. The van der Waals surface area contributed by atoms with E-state index >= 15 is 0 Å². The Morgan fingerprint density at radius 1 is 1.24 bits per heavy atom. The van der Waals surface area contributed by atoms with Crippen molar-refractivity contribution in [1.82, 2.24) is 0 Å². The molecule has 1 fully saturated rings. The van der Waals surface area contributed by atoms with Crippen LogP contribution < -0.4 is 0 Å². The molecule has 0 aliphatic heterocycles. The number of benzene rings is 1. The molecule has 0 aromatic heterocycles. The summed E-state index contributed by atoms with van der Waals surface area (Å²) < 4.78 is 4.95. The summed E-state index contributed by atoms with van der Waals surface area (Å²) in [5.41, 5.74) is 2.09. The minimum atomic E-state index is 0.105. The molecule has 0 bridgehead atoms. The van der Waals surface area contributed by atoms with Gasteiger partial charge in [0, 0.05) is 12.7 Å². The second kappa shape index (κ2) is 5.97. The van der Waals surface area contributed by atoms with Crippen molar-refractivity contribution in [1.29, 1.82) is 0 Å². The second-order valence-electron chi connectivity index (χ2n) is 4.78. The lowest BCUT2D eigenvalue weighted by Crippen LogP contribution is -2.14. The van der Waals surface area contributed by atoms with E-state index in [0.29, 0.717) is 5.92 Å². The number of carbonyl (C=O) groups is 1. The molecule has 0 atom stereocenters. The van der Waals surface area contributed by atoms with Crippen molar-refractivity contribution >= 4 is 5.78 Å². The molecule has 0 heterocycles. The van der Waals surface area contributed by atoms with E-state index in [1.54, 1.807) is 7.11 Å². The topological polar surface area (TPSA) is 26.3 Å². The third-order valence-electron chi connectivity index (χ3n) is 3.58. The van der Waals surface area contributed by atoms with E-state index in [0.717, 1.165) is 5.56 Å². The Balaban J connectivity index is 2.23. The van der Waals surface area contributed by atoms with Crippen molar-refractivity contribution in [3.05, 3.63) is 35.4 Å². The minimum absolute atomic E-state index is 0.105. The van der Waals surface area contributed by atoms with Gasteiger partial charge >= 0.3 is 0 Å². The molecule has 92 valence electrons. The minimum Gasteiger partial charge on any atom is -0.377 e.